The van der Waals surface area contributed by atoms with E-state index < -0.39 is 0 Å². The van der Waals surface area contributed by atoms with Gasteiger partial charge in [0.15, 0.2) is 0 Å². The molecule has 13 heavy (non-hydrogen) atoms. The van der Waals surface area contributed by atoms with Crippen molar-refractivity contribution in [2.75, 3.05) is 20.3 Å². The summed E-state index contributed by atoms with van der Waals surface area (Å²) in [4.78, 5) is 0. The molecule has 0 bridgehead atoms. The summed E-state index contributed by atoms with van der Waals surface area (Å²) < 4.78 is 9.86. The van der Waals surface area contributed by atoms with E-state index in [9.17, 15) is 0 Å². The largest absolute Gasteiger partial charge is 0.385 e. The molecular weight excluding hydrogens is 168 g/mol. The summed E-state index contributed by atoms with van der Waals surface area (Å²) >= 11 is 0. The topological polar surface area (TPSA) is 47.3 Å². The zero-order chi connectivity index (χ0) is 9.36. The van der Waals surface area contributed by atoms with Gasteiger partial charge in [0.25, 0.3) is 0 Å². The maximum absolute atomic E-state index is 4.94. The molecule has 1 heterocycles. The smallest absolute Gasteiger partial charge is 0.150 e. The van der Waals surface area contributed by atoms with Gasteiger partial charge in [-0.05, 0) is 19.4 Å². The lowest BCUT2D eigenvalue weighted by atomic mass is 10.3. The van der Waals surface area contributed by atoms with Gasteiger partial charge in [-0.25, -0.2) is 0 Å². The third kappa shape index (κ3) is 4.65. The molecule has 1 aromatic heterocycles. The van der Waals surface area contributed by atoms with E-state index in [2.05, 4.69) is 10.5 Å². The number of nitrogens with zero attached hydrogens (tertiary/aromatic N) is 1. The predicted octanol–water partition coefficient (Wildman–Crippen LogP) is 1.19. The van der Waals surface area contributed by atoms with E-state index in [0.717, 1.165) is 38.3 Å². The lowest BCUT2D eigenvalue weighted by molar-refractivity contribution is 0.192. The molecule has 4 nitrogen and oxygen atoms in total. The molecule has 0 saturated carbocycles. The van der Waals surface area contributed by atoms with Crippen LogP contribution < -0.4 is 5.32 Å². The number of hydrogen-bond donors (Lipinski definition) is 1. The molecule has 0 amide bonds. The van der Waals surface area contributed by atoms with Crippen molar-refractivity contribution < 1.29 is 9.26 Å². The van der Waals surface area contributed by atoms with Crippen LogP contribution in [0.25, 0.3) is 0 Å². The monoisotopic (exact) mass is 184 g/mol. The van der Waals surface area contributed by atoms with E-state index in [1.165, 1.54) is 0 Å². The molecule has 0 saturated heterocycles. The number of hydrogen-bond acceptors (Lipinski definition) is 4. The Morgan fingerprint density at radius 1 is 1.54 bits per heavy atom. The molecule has 0 spiro atoms. The number of rotatable bonds is 7. The van der Waals surface area contributed by atoms with E-state index in [-0.39, 0.29) is 0 Å². The minimum Gasteiger partial charge on any atom is -0.385 e. The Kier molecular flexibility index (Phi) is 5.20. The summed E-state index contributed by atoms with van der Waals surface area (Å²) in [5.74, 6) is 0.881. The Bertz CT molecular complexity index is 199. The van der Waals surface area contributed by atoms with E-state index in [0.29, 0.717) is 0 Å². The summed E-state index contributed by atoms with van der Waals surface area (Å²) in [6.45, 7) is 2.58. The van der Waals surface area contributed by atoms with Gasteiger partial charge in [0, 0.05) is 19.8 Å². The standard InChI is InChI=1S/C9H16N2O2/c1-12-7-3-2-5-10-8-9-4-6-11-13-9/h4,6,10H,2-3,5,7-8H2,1H3. The SMILES string of the molecule is COCCCCNCc1ccno1. The molecule has 0 fully saturated rings. The van der Waals surface area contributed by atoms with E-state index in [1.54, 1.807) is 13.3 Å². The first-order valence-electron chi connectivity index (χ1n) is 4.52. The molecular formula is C9H16N2O2. The number of aromatic nitrogens is 1. The zero-order valence-electron chi connectivity index (χ0n) is 7.95. The highest BCUT2D eigenvalue weighted by molar-refractivity contribution is 4.91. The highest BCUT2D eigenvalue weighted by Gasteiger charge is 1.94. The van der Waals surface area contributed by atoms with Crippen LogP contribution in [0.1, 0.15) is 18.6 Å². The highest BCUT2D eigenvalue weighted by atomic mass is 16.5. The molecule has 0 aromatic carbocycles. The van der Waals surface area contributed by atoms with Crippen LogP contribution in [0.2, 0.25) is 0 Å². The fourth-order valence-electron chi connectivity index (χ4n) is 1.04. The van der Waals surface area contributed by atoms with E-state index in [1.807, 2.05) is 6.07 Å². The normalized spacial score (nSPS) is 10.5. The number of unbranched alkanes of at least 4 members (excludes halogenated alkanes) is 1. The molecule has 0 unspecified atom stereocenters. The van der Waals surface area contributed by atoms with Gasteiger partial charge < -0.3 is 14.6 Å². The van der Waals surface area contributed by atoms with Crippen molar-refractivity contribution in [2.24, 2.45) is 0 Å². The number of methoxy groups -OCH3 is 1. The van der Waals surface area contributed by atoms with Crippen molar-refractivity contribution in [3.05, 3.63) is 18.0 Å². The maximum atomic E-state index is 4.94. The van der Waals surface area contributed by atoms with Gasteiger partial charge in [-0.15, -0.1) is 0 Å². The van der Waals surface area contributed by atoms with E-state index >= 15 is 0 Å². The molecule has 1 aromatic rings. The van der Waals surface area contributed by atoms with Gasteiger partial charge in [-0.1, -0.05) is 5.16 Å². The average molecular weight is 184 g/mol. The second kappa shape index (κ2) is 6.62. The minimum atomic E-state index is 0.757. The zero-order valence-corrected chi connectivity index (χ0v) is 7.95. The Balaban J connectivity index is 1.90. The molecule has 0 aliphatic heterocycles. The fraction of sp³-hybridized carbons (Fsp3) is 0.667. The third-order valence-corrected chi connectivity index (χ3v) is 1.74. The lowest BCUT2D eigenvalue weighted by Crippen LogP contribution is -2.14. The Morgan fingerprint density at radius 2 is 2.46 bits per heavy atom. The van der Waals surface area contributed by atoms with Gasteiger partial charge >= 0.3 is 0 Å². The highest BCUT2D eigenvalue weighted by Crippen LogP contribution is 1.95. The summed E-state index contributed by atoms with van der Waals surface area (Å²) in [5, 5.41) is 6.87. The van der Waals surface area contributed by atoms with Crippen molar-refractivity contribution in [1.82, 2.24) is 10.5 Å². The summed E-state index contributed by atoms with van der Waals surface area (Å²) in [5.41, 5.74) is 0. The first-order chi connectivity index (χ1) is 6.43. The molecule has 0 aliphatic rings. The van der Waals surface area contributed by atoms with Gasteiger partial charge in [0.2, 0.25) is 0 Å². The quantitative estimate of drug-likeness (QED) is 0.647. The summed E-state index contributed by atoms with van der Waals surface area (Å²) in [6.07, 6.45) is 3.88. The van der Waals surface area contributed by atoms with Crippen LogP contribution in [0.5, 0.6) is 0 Å². The minimum absolute atomic E-state index is 0.757. The Hall–Kier alpha value is -0.870. The third-order valence-electron chi connectivity index (χ3n) is 1.74. The second-order valence-corrected chi connectivity index (χ2v) is 2.86. The van der Waals surface area contributed by atoms with Crippen molar-refractivity contribution >= 4 is 0 Å². The van der Waals surface area contributed by atoms with Gasteiger partial charge in [-0.3, -0.25) is 0 Å². The van der Waals surface area contributed by atoms with Crippen LogP contribution in [-0.4, -0.2) is 25.4 Å². The summed E-state index contributed by atoms with van der Waals surface area (Å²) in [6, 6.07) is 1.86. The first-order valence-corrected chi connectivity index (χ1v) is 4.52. The van der Waals surface area contributed by atoms with Crippen molar-refractivity contribution in [3.8, 4) is 0 Å². The molecule has 0 radical (unpaired) electrons. The van der Waals surface area contributed by atoms with Crippen molar-refractivity contribution in [1.29, 1.82) is 0 Å². The molecule has 4 heteroatoms. The second-order valence-electron chi connectivity index (χ2n) is 2.86. The number of nitrogens with one attached hydrogen (secondary N) is 1. The Labute approximate surface area is 78.2 Å². The van der Waals surface area contributed by atoms with Crippen LogP contribution in [0.15, 0.2) is 16.8 Å². The van der Waals surface area contributed by atoms with Gasteiger partial charge in [0.05, 0.1) is 12.7 Å². The fourth-order valence-corrected chi connectivity index (χ4v) is 1.04. The maximum Gasteiger partial charge on any atom is 0.150 e. The van der Waals surface area contributed by atoms with Crippen LogP contribution in [0.4, 0.5) is 0 Å². The van der Waals surface area contributed by atoms with Crippen LogP contribution in [0.3, 0.4) is 0 Å². The molecule has 1 rings (SSSR count). The van der Waals surface area contributed by atoms with Crippen LogP contribution in [0, 0.1) is 0 Å². The molecule has 74 valence electrons. The van der Waals surface area contributed by atoms with Crippen LogP contribution >= 0.6 is 0 Å². The summed E-state index contributed by atoms with van der Waals surface area (Å²) in [7, 11) is 1.72. The van der Waals surface area contributed by atoms with Crippen molar-refractivity contribution in [2.45, 2.75) is 19.4 Å². The first kappa shape index (κ1) is 10.2. The predicted molar refractivity (Wildman–Crippen MR) is 49.3 cm³/mol. The van der Waals surface area contributed by atoms with Gasteiger partial charge in [-0.2, -0.15) is 0 Å². The van der Waals surface area contributed by atoms with E-state index in [4.69, 9.17) is 9.26 Å². The number of ether oxygens (including phenoxy) is 1. The molecule has 0 aliphatic carbocycles. The lowest BCUT2D eigenvalue weighted by Gasteiger charge is -2.01. The molecule has 0 atom stereocenters. The van der Waals surface area contributed by atoms with Gasteiger partial charge in [0.1, 0.15) is 5.76 Å². The van der Waals surface area contributed by atoms with Crippen molar-refractivity contribution in [3.63, 3.8) is 0 Å². The Morgan fingerprint density at radius 3 is 3.15 bits per heavy atom. The average Bonchev–Trinajstić information content (AvgIpc) is 2.63. The van der Waals surface area contributed by atoms with Crippen LogP contribution in [-0.2, 0) is 11.3 Å². The molecule has 1 N–H and O–H groups in total.